The maximum Gasteiger partial charge on any atom is 0.258 e. The highest BCUT2D eigenvalue weighted by atomic mass is 35.5. The molecule has 1 aliphatic rings. The lowest BCUT2D eigenvalue weighted by Gasteiger charge is -2.15. The van der Waals surface area contributed by atoms with E-state index in [9.17, 15) is 9.59 Å². The number of rotatable bonds is 7. The van der Waals surface area contributed by atoms with Gasteiger partial charge >= 0.3 is 0 Å². The van der Waals surface area contributed by atoms with Crippen molar-refractivity contribution in [2.24, 2.45) is 0 Å². The van der Waals surface area contributed by atoms with Gasteiger partial charge in [0.05, 0.1) is 5.56 Å². The predicted molar refractivity (Wildman–Crippen MR) is 141 cm³/mol. The minimum absolute atomic E-state index is 0.0481. The third-order valence-corrected chi connectivity index (χ3v) is 8.04. The molecule has 0 bridgehead atoms. The Kier molecular flexibility index (Phi) is 7.13. The highest BCUT2D eigenvalue weighted by Gasteiger charge is 2.34. The van der Waals surface area contributed by atoms with Crippen molar-refractivity contribution < 1.29 is 9.59 Å². The first-order valence-corrected chi connectivity index (χ1v) is 13.2. The van der Waals surface area contributed by atoms with Crippen LogP contribution in [-0.4, -0.2) is 28.6 Å². The van der Waals surface area contributed by atoms with Crippen molar-refractivity contribution in [2.45, 2.75) is 23.0 Å². The Labute approximate surface area is 216 Å². The summed E-state index contributed by atoms with van der Waals surface area (Å²) in [5.74, 6) is 0.500. The van der Waals surface area contributed by atoms with E-state index in [2.05, 4.69) is 15.5 Å². The number of aromatic nitrogens is 2. The summed E-state index contributed by atoms with van der Waals surface area (Å²) in [6, 6.07) is 24.8. The van der Waals surface area contributed by atoms with Crippen molar-refractivity contribution in [3.8, 4) is 0 Å². The fourth-order valence-corrected chi connectivity index (χ4v) is 5.83. The van der Waals surface area contributed by atoms with Gasteiger partial charge in [-0.3, -0.25) is 14.9 Å². The van der Waals surface area contributed by atoms with Gasteiger partial charge in [0.25, 0.3) is 5.91 Å². The van der Waals surface area contributed by atoms with Gasteiger partial charge in [0.1, 0.15) is 5.01 Å². The molecule has 9 heteroatoms. The molecule has 1 N–H and O–H groups in total. The molecule has 1 aromatic heterocycles. The van der Waals surface area contributed by atoms with Crippen LogP contribution in [0.5, 0.6) is 0 Å². The zero-order chi connectivity index (χ0) is 24.2. The fraction of sp³-hybridized carbons (Fsp3) is 0.154. The largest absolute Gasteiger partial charge is 0.312 e. The molecule has 1 saturated heterocycles. The minimum Gasteiger partial charge on any atom is -0.312 e. The van der Waals surface area contributed by atoms with Crippen molar-refractivity contribution >= 4 is 57.3 Å². The topological polar surface area (TPSA) is 75.2 Å². The highest BCUT2D eigenvalue weighted by molar-refractivity contribution is 7.98. The summed E-state index contributed by atoms with van der Waals surface area (Å²) in [5, 5.41) is 13.2. The molecule has 4 aromatic rings. The molecule has 0 aliphatic carbocycles. The maximum absolute atomic E-state index is 13.0. The molecule has 5 rings (SSSR count). The van der Waals surface area contributed by atoms with Gasteiger partial charge < -0.3 is 4.90 Å². The molecular formula is C26H21ClN4O2S2. The van der Waals surface area contributed by atoms with Crippen LogP contribution in [0.4, 0.5) is 10.8 Å². The number of carbonyl (C=O) groups is 2. The summed E-state index contributed by atoms with van der Waals surface area (Å²) in [5.41, 5.74) is 2.58. The van der Waals surface area contributed by atoms with Crippen molar-refractivity contribution in [3.05, 3.63) is 100 Å². The van der Waals surface area contributed by atoms with E-state index >= 15 is 0 Å². The summed E-state index contributed by atoms with van der Waals surface area (Å²) >= 11 is 8.88. The molecule has 1 aliphatic heterocycles. The molecule has 6 nitrogen and oxygen atoms in total. The van der Waals surface area contributed by atoms with Crippen LogP contribution >= 0.6 is 34.7 Å². The molecule has 3 aromatic carbocycles. The average molecular weight is 521 g/mol. The molecule has 1 unspecified atom stereocenters. The SMILES string of the molecule is O=C(Nc1nnc(C2CC(=O)N(c3ccccc3)C2)s1)c1ccccc1SCc1ccc(Cl)cc1. The fourth-order valence-electron chi connectivity index (χ4n) is 3.87. The third-order valence-electron chi connectivity index (χ3n) is 5.64. The predicted octanol–water partition coefficient (Wildman–Crippen LogP) is 6.26. The smallest absolute Gasteiger partial charge is 0.258 e. The molecular weight excluding hydrogens is 500 g/mol. The van der Waals surface area contributed by atoms with E-state index in [0.717, 1.165) is 26.9 Å². The number of hydrogen-bond acceptors (Lipinski definition) is 6. The number of halogens is 1. The number of hydrogen-bond donors (Lipinski definition) is 1. The Hall–Kier alpha value is -3.20. The molecule has 0 spiro atoms. The van der Waals surface area contributed by atoms with E-state index in [1.165, 1.54) is 11.3 Å². The van der Waals surface area contributed by atoms with Crippen molar-refractivity contribution in [2.75, 3.05) is 16.8 Å². The first-order valence-electron chi connectivity index (χ1n) is 11.0. The number of anilines is 2. The number of nitrogens with one attached hydrogen (secondary N) is 1. The van der Waals surface area contributed by atoms with Crippen molar-refractivity contribution in [1.29, 1.82) is 0 Å². The Morgan fingerprint density at radius 2 is 1.77 bits per heavy atom. The van der Waals surface area contributed by atoms with E-state index in [-0.39, 0.29) is 17.7 Å². The molecule has 0 radical (unpaired) electrons. The minimum atomic E-state index is -0.236. The second-order valence-electron chi connectivity index (χ2n) is 8.05. The van der Waals surface area contributed by atoms with Crippen LogP contribution in [0.15, 0.2) is 83.8 Å². The third kappa shape index (κ3) is 5.56. The lowest BCUT2D eigenvalue weighted by atomic mass is 10.1. The number of benzene rings is 3. The van der Waals surface area contributed by atoms with Gasteiger partial charge in [0, 0.05) is 40.2 Å². The molecule has 176 valence electrons. The van der Waals surface area contributed by atoms with Gasteiger partial charge in [-0.05, 0) is 42.0 Å². The zero-order valence-electron chi connectivity index (χ0n) is 18.6. The van der Waals surface area contributed by atoms with Crippen LogP contribution in [0.25, 0.3) is 0 Å². The summed E-state index contributed by atoms with van der Waals surface area (Å²) in [6.45, 7) is 0.551. The van der Waals surface area contributed by atoms with E-state index in [0.29, 0.717) is 28.7 Å². The second-order valence-corrected chi connectivity index (χ2v) is 10.5. The summed E-state index contributed by atoms with van der Waals surface area (Å²) in [4.78, 5) is 28.3. The van der Waals surface area contributed by atoms with Gasteiger partial charge in [-0.15, -0.1) is 22.0 Å². The normalized spacial score (nSPS) is 15.4. The monoisotopic (exact) mass is 520 g/mol. The molecule has 1 fully saturated rings. The average Bonchev–Trinajstić information content (AvgIpc) is 3.51. The highest BCUT2D eigenvalue weighted by Crippen LogP contribution is 2.34. The first-order chi connectivity index (χ1) is 17.1. The Bertz CT molecular complexity index is 1340. The molecule has 2 heterocycles. The van der Waals surface area contributed by atoms with Gasteiger partial charge in [0.2, 0.25) is 11.0 Å². The number of nitrogens with zero attached hydrogens (tertiary/aromatic N) is 3. The van der Waals surface area contributed by atoms with Gasteiger partial charge in [-0.2, -0.15) is 0 Å². The number of amides is 2. The van der Waals surface area contributed by atoms with Crippen LogP contribution in [0.3, 0.4) is 0 Å². The van der Waals surface area contributed by atoms with Crippen LogP contribution in [-0.2, 0) is 10.5 Å². The van der Waals surface area contributed by atoms with E-state index in [1.807, 2.05) is 72.8 Å². The number of carbonyl (C=O) groups excluding carboxylic acids is 2. The van der Waals surface area contributed by atoms with Crippen LogP contribution < -0.4 is 10.2 Å². The van der Waals surface area contributed by atoms with Crippen LogP contribution in [0.2, 0.25) is 5.02 Å². The summed E-state index contributed by atoms with van der Waals surface area (Å²) in [6.07, 6.45) is 0.377. The second kappa shape index (κ2) is 10.6. The summed E-state index contributed by atoms with van der Waals surface area (Å²) < 4.78 is 0. The van der Waals surface area contributed by atoms with Crippen molar-refractivity contribution in [3.63, 3.8) is 0 Å². The van der Waals surface area contributed by atoms with Gasteiger partial charge in [-0.25, -0.2) is 0 Å². The van der Waals surface area contributed by atoms with E-state index < -0.39 is 0 Å². The zero-order valence-corrected chi connectivity index (χ0v) is 20.9. The van der Waals surface area contributed by atoms with Gasteiger partial charge in [-0.1, -0.05) is 65.4 Å². The Morgan fingerprint density at radius 3 is 2.57 bits per heavy atom. The quantitative estimate of drug-likeness (QED) is 0.291. The molecule has 35 heavy (non-hydrogen) atoms. The Morgan fingerprint density at radius 1 is 1.03 bits per heavy atom. The first kappa shape index (κ1) is 23.5. The lowest BCUT2D eigenvalue weighted by Crippen LogP contribution is -2.24. The summed E-state index contributed by atoms with van der Waals surface area (Å²) in [7, 11) is 0. The van der Waals surface area contributed by atoms with E-state index in [1.54, 1.807) is 22.7 Å². The van der Waals surface area contributed by atoms with Crippen molar-refractivity contribution in [1.82, 2.24) is 10.2 Å². The number of para-hydroxylation sites is 1. The molecule has 0 saturated carbocycles. The molecule has 2 amide bonds. The maximum atomic E-state index is 13.0. The van der Waals surface area contributed by atoms with Crippen LogP contribution in [0, 0.1) is 0 Å². The lowest BCUT2D eigenvalue weighted by molar-refractivity contribution is -0.117. The molecule has 1 atom stereocenters. The standard InChI is InChI=1S/C26H21ClN4O2S2/c27-19-12-10-17(11-13-19)16-34-22-9-5-4-8-21(22)24(33)28-26-30-29-25(35-26)18-14-23(32)31(15-18)20-6-2-1-3-7-20/h1-13,18H,14-16H2,(H,28,30,33). The van der Waals surface area contributed by atoms with E-state index in [4.69, 9.17) is 11.6 Å². The Balaban J connectivity index is 1.24. The van der Waals surface area contributed by atoms with Crippen LogP contribution in [0.1, 0.15) is 33.3 Å². The number of thioether (sulfide) groups is 1. The van der Waals surface area contributed by atoms with Gasteiger partial charge in [0.15, 0.2) is 0 Å².